The van der Waals surface area contributed by atoms with Gasteiger partial charge in [0.05, 0.1) is 19.1 Å². The number of sulfonamides is 1. The van der Waals surface area contributed by atoms with Gasteiger partial charge in [-0.25, -0.2) is 13.4 Å². The number of aromatic amines is 1. The number of carbonyl (C=O) groups is 2. The number of aromatic nitrogens is 2. The van der Waals surface area contributed by atoms with Crippen LogP contribution in [0.15, 0.2) is 17.6 Å². The Labute approximate surface area is 115 Å². The number of carboxylic acid groups (broad SMARTS) is 1. The van der Waals surface area contributed by atoms with Crippen molar-refractivity contribution in [2.75, 3.05) is 6.61 Å². The normalized spacial score (nSPS) is 12.8. The van der Waals surface area contributed by atoms with Crippen LogP contribution in [0.5, 0.6) is 0 Å². The topological polar surface area (TPSA) is 138 Å². The van der Waals surface area contributed by atoms with Gasteiger partial charge in [0.25, 0.3) is 10.0 Å². The Morgan fingerprint density at radius 3 is 2.75 bits per heavy atom. The van der Waals surface area contributed by atoms with E-state index in [0.717, 1.165) is 12.5 Å². The summed E-state index contributed by atoms with van der Waals surface area (Å²) in [6, 6.07) is -1.42. The second-order valence-corrected chi connectivity index (χ2v) is 5.45. The lowest BCUT2D eigenvalue weighted by Gasteiger charge is -2.13. The van der Waals surface area contributed by atoms with E-state index in [1.165, 1.54) is 0 Å². The minimum absolute atomic E-state index is 0.177. The molecule has 1 heterocycles. The summed E-state index contributed by atoms with van der Waals surface area (Å²) in [6.45, 7) is 1.80. The first-order chi connectivity index (χ1) is 9.36. The van der Waals surface area contributed by atoms with Crippen LogP contribution >= 0.6 is 0 Å². The highest BCUT2D eigenvalue weighted by Gasteiger charge is 2.26. The van der Waals surface area contributed by atoms with E-state index in [4.69, 9.17) is 5.11 Å². The molecule has 0 saturated carbocycles. The molecule has 0 radical (unpaired) electrons. The smallest absolute Gasteiger partial charge is 0.321 e. The van der Waals surface area contributed by atoms with E-state index in [-0.39, 0.29) is 24.5 Å². The predicted molar refractivity (Wildman–Crippen MR) is 66.2 cm³/mol. The number of hydrogen-bond donors (Lipinski definition) is 3. The van der Waals surface area contributed by atoms with Crippen molar-refractivity contribution >= 4 is 22.0 Å². The summed E-state index contributed by atoms with van der Waals surface area (Å²) in [5, 5.41) is 8.72. The van der Waals surface area contributed by atoms with E-state index < -0.39 is 28.0 Å². The number of aliphatic carboxylic acids is 1. The summed E-state index contributed by atoms with van der Waals surface area (Å²) < 4.78 is 30.3. The monoisotopic (exact) mass is 305 g/mol. The second-order valence-electron chi connectivity index (χ2n) is 3.77. The van der Waals surface area contributed by atoms with Crippen LogP contribution in [-0.4, -0.2) is 48.1 Å². The molecule has 10 heteroatoms. The lowest BCUT2D eigenvalue weighted by Crippen LogP contribution is -2.41. The first-order valence-electron chi connectivity index (χ1n) is 5.76. The lowest BCUT2D eigenvalue weighted by atomic mass is 10.2. The highest BCUT2D eigenvalue weighted by atomic mass is 32.2. The fourth-order valence-electron chi connectivity index (χ4n) is 1.37. The molecule has 9 nitrogen and oxygen atoms in total. The largest absolute Gasteiger partial charge is 0.480 e. The van der Waals surface area contributed by atoms with Crippen molar-refractivity contribution in [1.82, 2.24) is 14.7 Å². The molecule has 0 aliphatic carbocycles. The van der Waals surface area contributed by atoms with Gasteiger partial charge in [0.1, 0.15) is 6.04 Å². The van der Waals surface area contributed by atoms with Crippen LogP contribution in [0.4, 0.5) is 0 Å². The van der Waals surface area contributed by atoms with Crippen molar-refractivity contribution in [2.24, 2.45) is 0 Å². The van der Waals surface area contributed by atoms with E-state index in [2.05, 4.69) is 14.7 Å². The van der Waals surface area contributed by atoms with Gasteiger partial charge in [-0.05, 0) is 13.3 Å². The van der Waals surface area contributed by atoms with Crippen molar-refractivity contribution in [3.05, 3.63) is 12.5 Å². The van der Waals surface area contributed by atoms with Crippen LogP contribution in [0.1, 0.15) is 19.8 Å². The highest BCUT2D eigenvalue weighted by Crippen LogP contribution is 2.07. The number of imidazole rings is 1. The molecule has 0 spiro atoms. The summed E-state index contributed by atoms with van der Waals surface area (Å²) in [7, 11) is -4.02. The molecule has 3 N–H and O–H groups in total. The van der Waals surface area contributed by atoms with Crippen molar-refractivity contribution in [3.8, 4) is 0 Å². The maximum Gasteiger partial charge on any atom is 0.321 e. The summed E-state index contributed by atoms with van der Waals surface area (Å²) >= 11 is 0. The summed E-state index contributed by atoms with van der Waals surface area (Å²) in [5.41, 5.74) is 0. The molecule has 1 rings (SSSR count). The molecule has 1 atom stereocenters. The molecule has 0 saturated heterocycles. The van der Waals surface area contributed by atoms with Gasteiger partial charge in [0, 0.05) is 6.42 Å². The Kier molecular flexibility index (Phi) is 5.65. The van der Waals surface area contributed by atoms with Crippen LogP contribution in [0.25, 0.3) is 0 Å². The Balaban J connectivity index is 2.69. The number of H-pyrrole nitrogens is 1. The van der Waals surface area contributed by atoms with Gasteiger partial charge in [-0.2, -0.15) is 4.72 Å². The average Bonchev–Trinajstić information content (AvgIpc) is 2.89. The Morgan fingerprint density at radius 2 is 2.25 bits per heavy atom. The van der Waals surface area contributed by atoms with Gasteiger partial charge in [-0.3, -0.25) is 9.59 Å². The zero-order chi connectivity index (χ0) is 15.2. The van der Waals surface area contributed by atoms with Crippen molar-refractivity contribution in [3.63, 3.8) is 0 Å². The number of nitrogens with zero attached hydrogens (tertiary/aromatic N) is 1. The SMILES string of the molecule is CCOC(=O)CC[C@H](NS(=O)(=O)c1cnc[nH]1)C(=O)O. The quantitative estimate of drug-likeness (QED) is 0.549. The minimum atomic E-state index is -4.02. The lowest BCUT2D eigenvalue weighted by molar-refractivity contribution is -0.144. The third kappa shape index (κ3) is 4.63. The van der Waals surface area contributed by atoms with E-state index >= 15 is 0 Å². The number of carbonyl (C=O) groups excluding carboxylic acids is 1. The summed E-state index contributed by atoms with van der Waals surface area (Å²) in [6.07, 6.45) is 1.80. The number of hydrogen-bond acceptors (Lipinski definition) is 6. The number of rotatable bonds is 8. The molecule has 0 aliphatic heterocycles. The number of ether oxygens (including phenoxy) is 1. The van der Waals surface area contributed by atoms with Gasteiger partial charge < -0.3 is 14.8 Å². The number of esters is 1. The molecule has 0 fully saturated rings. The van der Waals surface area contributed by atoms with Crippen LogP contribution in [0.2, 0.25) is 0 Å². The molecule has 1 aromatic heterocycles. The maximum absolute atomic E-state index is 11.8. The minimum Gasteiger partial charge on any atom is -0.480 e. The first kappa shape index (κ1) is 16.1. The van der Waals surface area contributed by atoms with E-state index in [1.54, 1.807) is 6.92 Å². The highest BCUT2D eigenvalue weighted by molar-refractivity contribution is 7.89. The molecule has 0 amide bonds. The number of nitrogens with one attached hydrogen (secondary N) is 2. The van der Waals surface area contributed by atoms with Gasteiger partial charge in [-0.1, -0.05) is 0 Å². The average molecular weight is 305 g/mol. The fraction of sp³-hybridized carbons (Fsp3) is 0.500. The summed E-state index contributed by atoms with van der Waals surface area (Å²) in [5.74, 6) is -1.96. The van der Waals surface area contributed by atoms with Gasteiger partial charge >= 0.3 is 11.9 Å². The van der Waals surface area contributed by atoms with Gasteiger partial charge in [0.15, 0.2) is 5.03 Å². The van der Waals surface area contributed by atoms with Crippen molar-refractivity contribution in [2.45, 2.75) is 30.8 Å². The third-order valence-electron chi connectivity index (χ3n) is 2.30. The molecule has 0 aromatic carbocycles. The molecule has 1 aromatic rings. The number of carboxylic acids is 1. The Bertz CT molecular complexity index is 554. The molecule has 0 bridgehead atoms. The molecule has 0 aliphatic rings. The fourth-order valence-corrected chi connectivity index (χ4v) is 2.50. The van der Waals surface area contributed by atoms with E-state index in [1.807, 2.05) is 4.72 Å². The van der Waals surface area contributed by atoms with Crippen molar-refractivity contribution in [1.29, 1.82) is 0 Å². The van der Waals surface area contributed by atoms with E-state index in [9.17, 15) is 18.0 Å². The Hall–Kier alpha value is -1.94. The maximum atomic E-state index is 11.8. The molecule has 20 heavy (non-hydrogen) atoms. The molecular weight excluding hydrogens is 290 g/mol. The Morgan fingerprint density at radius 1 is 1.55 bits per heavy atom. The third-order valence-corrected chi connectivity index (χ3v) is 3.70. The molecular formula is C10H15N3O6S. The van der Waals surface area contributed by atoms with E-state index in [0.29, 0.717) is 0 Å². The molecule has 112 valence electrons. The van der Waals surface area contributed by atoms with Crippen molar-refractivity contribution < 1.29 is 27.9 Å². The van der Waals surface area contributed by atoms with Crippen LogP contribution in [-0.2, 0) is 24.3 Å². The zero-order valence-corrected chi connectivity index (χ0v) is 11.5. The van der Waals surface area contributed by atoms with Gasteiger partial charge in [0.2, 0.25) is 0 Å². The summed E-state index contributed by atoms with van der Waals surface area (Å²) in [4.78, 5) is 28.1. The standard InChI is InChI=1S/C10H15N3O6S/c1-2-19-9(14)4-3-7(10(15)16)13-20(17,18)8-5-11-6-12-8/h5-7,13H,2-4H2,1H3,(H,11,12)(H,15,16)/t7-/m0/s1. The predicted octanol–water partition coefficient (Wildman–Crippen LogP) is -0.515. The first-order valence-corrected chi connectivity index (χ1v) is 7.24. The zero-order valence-electron chi connectivity index (χ0n) is 10.7. The van der Waals surface area contributed by atoms with Crippen LogP contribution in [0, 0.1) is 0 Å². The van der Waals surface area contributed by atoms with Gasteiger partial charge in [-0.15, -0.1) is 0 Å². The second kappa shape index (κ2) is 7.01. The van der Waals surface area contributed by atoms with Crippen LogP contribution in [0.3, 0.4) is 0 Å². The van der Waals surface area contributed by atoms with Crippen LogP contribution < -0.4 is 4.72 Å². The molecule has 0 unspecified atom stereocenters.